The minimum absolute atomic E-state index is 0.130. The van der Waals surface area contributed by atoms with Crippen LogP contribution in [0.4, 0.5) is 5.69 Å². The van der Waals surface area contributed by atoms with Gasteiger partial charge in [-0.2, -0.15) is 4.98 Å². The molecule has 1 N–H and O–H groups in total. The average Bonchev–Trinajstić information content (AvgIpc) is 3.02. The molecule has 6 heteroatoms. The van der Waals surface area contributed by atoms with Gasteiger partial charge in [0.15, 0.2) is 6.61 Å². The van der Waals surface area contributed by atoms with E-state index in [2.05, 4.69) is 15.5 Å². The lowest BCUT2D eigenvalue weighted by Gasteiger charge is -2.11. The summed E-state index contributed by atoms with van der Waals surface area (Å²) in [6.45, 7) is 5.88. The number of carbonyl (C=O) groups is 1. The Morgan fingerprint density at radius 1 is 1.12 bits per heavy atom. The lowest BCUT2D eigenvalue weighted by Crippen LogP contribution is -2.14. The van der Waals surface area contributed by atoms with Crippen molar-refractivity contribution >= 4 is 11.6 Å². The molecular formula is C19H19N3O3. The highest BCUT2D eigenvalue weighted by Gasteiger charge is 2.14. The van der Waals surface area contributed by atoms with Crippen LogP contribution in [0.15, 0.2) is 47.0 Å². The number of rotatable bonds is 5. The zero-order chi connectivity index (χ0) is 17.8. The zero-order valence-electron chi connectivity index (χ0n) is 14.4. The van der Waals surface area contributed by atoms with Crippen LogP contribution in [-0.2, 0) is 6.61 Å². The average molecular weight is 337 g/mol. The molecule has 1 aromatic heterocycles. The molecule has 1 heterocycles. The number of hydrogen-bond acceptors (Lipinski definition) is 5. The molecule has 0 radical (unpaired) electrons. The third kappa shape index (κ3) is 4.03. The third-order valence-electron chi connectivity index (χ3n) is 3.82. The lowest BCUT2D eigenvalue weighted by molar-refractivity contribution is 0.102. The molecule has 1 amide bonds. The van der Waals surface area contributed by atoms with E-state index in [9.17, 15) is 4.79 Å². The largest absolute Gasteiger partial charge is 0.485 e. The van der Waals surface area contributed by atoms with Crippen LogP contribution in [0.5, 0.6) is 5.75 Å². The molecule has 2 aromatic carbocycles. The second-order valence-electron chi connectivity index (χ2n) is 5.77. The van der Waals surface area contributed by atoms with Gasteiger partial charge in [0.2, 0.25) is 11.7 Å². The van der Waals surface area contributed by atoms with Gasteiger partial charge in [-0.25, -0.2) is 0 Å². The minimum atomic E-state index is -0.233. The fraction of sp³-hybridized carbons (Fsp3) is 0.211. The second-order valence-corrected chi connectivity index (χ2v) is 5.77. The van der Waals surface area contributed by atoms with Gasteiger partial charge >= 0.3 is 0 Å². The Bertz CT molecular complexity index is 902. The molecule has 0 saturated carbocycles. The second kappa shape index (κ2) is 7.17. The fourth-order valence-corrected chi connectivity index (χ4v) is 2.34. The van der Waals surface area contributed by atoms with E-state index in [0.29, 0.717) is 23.0 Å². The van der Waals surface area contributed by atoms with E-state index in [1.54, 1.807) is 25.1 Å². The normalized spacial score (nSPS) is 10.5. The summed E-state index contributed by atoms with van der Waals surface area (Å²) < 4.78 is 10.6. The van der Waals surface area contributed by atoms with Crippen LogP contribution in [0, 0.1) is 20.8 Å². The van der Waals surface area contributed by atoms with Gasteiger partial charge in [-0.3, -0.25) is 4.79 Å². The maximum Gasteiger partial charge on any atom is 0.259 e. The van der Waals surface area contributed by atoms with E-state index in [4.69, 9.17) is 9.26 Å². The van der Waals surface area contributed by atoms with E-state index in [1.807, 2.05) is 38.1 Å². The van der Waals surface area contributed by atoms with Gasteiger partial charge in [-0.15, -0.1) is 0 Å². The van der Waals surface area contributed by atoms with E-state index in [1.165, 1.54) is 5.56 Å². The summed E-state index contributed by atoms with van der Waals surface area (Å²) >= 11 is 0. The Hall–Kier alpha value is -3.15. The third-order valence-corrected chi connectivity index (χ3v) is 3.82. The molecular weight excluding hydrogens is 318 g/mol. The van der Waals surface area contributed by atoms with Crippen molar-refractivity contribution in [3.8, 4) is 5.75 Å². The minimum Gasteiger partial charge on any atom is -0.485 e. The van der Waals surface area contributed by atoms with Gasteiger partial charge in [-0.1, -0.05) is 23.4 Å². The monoisotopic (exact) mass is 337 g/mol. The molecule has 0 saturated heterocycles. The topological polar surface area (TPSA) is 77.2 Å². The van der Waals surface area contributed by atoms with Gasteiger partial charge in [0, 0.05) is 12.6 Å². The Labute approximate surface area is 145 Å². The van der Waals surface area contributed by atoms with Crippen molar-refractivity contribution in [3.63, 3.8) is 0 Å². The first-order valence-electron chi connectivity index (χ1n) is 7.92. The van der Waals surface area contributed by atoms with Crippen LogP contribution in [0.2, 0.25) is 0 Å². The first-order valence-corrected chi connectivity index (χ1v) is 7.92. The number of hydrogen-bond donors (Lipinski definition) is 1. The fourth-order valence-electron chi connectivity index (χ4n) is 2.34. The summed E-state index contributed by atoms with van der Waals surface area (Å²) in [5, 5.41) is 6.68. The maximum atomic E-state index is 12.6. The van der Waals surface area contributed by atoms with Crippen LogP contribution >= 0.6 is 0 Å². The molecule has 6 nitrogen and oxygen atoms in total. The Morgan fingerprint density at radius 2 is 1.92 bits per heavy atom. The molecule has 0 atom stereocenters. The maximum absolute atomic E-state index is 12.6. The number of nitrogens with one attached hydrogen (secondary N) is 1. The van der Waals surface area contributed by atoms with E-state index in [0.717, 1.165) is 11.3 Å². The summed E-state index contributed by atoms with van der Waals surface area (Å²) in [5.74, 6) is 1.13. The van der Waals surface area contributed by atoms with Crippen molar-refractivity contribution < 1.29 is 14.1 Å². The first kappa shape index (κ1) is 16.7. The quantitative estimate of drug-likeness (QED) is 0.766. The summed E-state index contributed by atoms with van der Waals surface area (Å²) in [6, 6.07) is 12.9. The van der Waals surface area contributed by atoms with Crippen molar-refractivity contribution in [2.24, 2.45) is 0 Å². The van der Waals surface area contributed by atoms with Crippen molar-refractivity contribution in [1.29, 1.82) is 0 Å². The van der Waals surface area contributed by atoms with E-state index in [-0.39, 0.29) is 12.5 Å². The Morgan fingerprint density at radius 3 is 2.64 bits per heavy atom. The van der Waals surface area contributed by atoms with Crippen LogP contribution in [-0.4, -0.2) is 16.0 Å². The Kier molecular flexibility index (Phi) is 4.79. The van der Waals surface area contributed by atoms with Gasteiger partial charge in [0.05, 0.1) is 5.56 Å². The molecule has 0 spiro atoms. The Balaban J connectivity index is 1.74. The number of carbonyl (C=O) groups excluding carboxylic acids is 1. The molecule has 25 heavy (non-hydrogen) atoms. The SMILES string of the molecule is Cc1nc(COc2ccccc2C(=O)Nc2ccc(C)c(C)c2)no1. The molecule has 3 rings (SSSR count). The number of aryl methyl sites for hydroxylation is 3. The lowest BCUT2D eigenvalue weighted by atomic mass is 10.1. The summed E-state index contributed by atoms with van der Waals surface area (Å²) in [4.78, 5) is 16.7. The summed E-state index contributed by atoms with van der Waals surface area (Å²) in [6.07, 6.45) is 0. The van der Waals surface area contributed by atoms with Gasteiger partial charge in [0.1, 0.15) is 5.75 Å². The summed E-state index contributed by atoms with van der Waals surface area (Å²) in [5.41, 5.74) is 3.49. The molecule has 0 bridgehead atoms. The predicted molar refractivity (Wildman–Crippen MR) is 93.7 cm³/mol. The van der Waals surface area contributed by atoms with Crippen molar-refractivity contribution in [3.05, 3.63) is 70.9 Å². The van der Waals surface area contributed by atoms with Crippen molar-refractivity contribution in [1.82, 2.24) is 10.1 Å². The molecule has 0 unspecified atom stereocenters. The molecule has 0 aliphatic heterocycles. The molecule has 0 fully saturated rings. The number of amides is 1. The van der Waals surface area contributed by atoms with Crippen molar-refractivity contribution in [2.45, 2.75) is 27.4 Å². The molecule has 0 aliphatic carbocycles. The molecule has 3 aromatic rings. The predicted octanol–water partition coefficient (Wildman–Crippen LogP) is 3.83. The number of ether oxygens (including phenoxy) is 1. The number of anilines is 1. The summed E-state index contributed by atoms with van der Waals surface area (Å²) in [7, 11) is 0. The number of para-hydroxylation sites is 1. The van der Waals surface area contributed by atoms with E-state index < -0.39 is 0 Å². The van der Waals surface area contributed by atoms with Crippen LogP contribution in [0.3, 0.4) is 0 Å². The van der Waals surface area contributed by atoms with Crippen LogP contribution in [0.1, 0.15) is 33.2 Å². The van der Waals surface area contributed by atoms with Crippen LogP contribution < -0.4 is 10.1 Å². The molecule has 0 aliphatic rings. The number of nitrogens with zero attached hydrogens (tertiary/aromatic N) is 2. The number of benzene rings is 2. The first-order chi connectivity index (χ1) is 12.0. The van der Waals surface area contributed by atoms with Crippen molar-refractivity contribution in [2.75, 3.05) is 5.32 Å². The van der Waals surface area contributed by atoms with Crippen LogP contribution in [0.25, 0.3) is 0 Å². The van der Waals surface area contributed by atoms with E-state index >= 15 is 0 Å². The highest BCUT2D eigenvalue weighted by molar-refractivity contribution is 6.06. The standard InChI is InChI=1S/C19H19N3O3/c1-12-8-9-15(10-13(12)2)21-19(23)16-6-4-5-7-17(16)24-11-18-20-14(3)25-22-18/h4-10H,11H2,1-3H3,(H,21,23). The van der Waals surface area contributed by atoms with Gasteiger partial charge in [-0.05, 0) is 49.2 Å². The van der Waals surface area contributed by atoms with Gasteiger partial charge in [0.25, 0.3) is 5.91 Å². The number of aromatic nitrogens is 2. The smallest absolute Gasteiger partial charge is 0.259 e. The van der Waals surface area contributed by atoms with Gasteiger partial charge < -0.3 is 14.6 Å². The highest BCUT2D eigenvalue weighted by Crippen LogP contribution is 2.21. The zero-order valence-corrected chi connectivity index (χ0v) is 14.4. The molecule has 128 valence electrons. The highest BCUT2D eigenvalue weighted by atomic mass is 16.5.